The number of aromatic nitrogens is 1. The maximum Gasteiger partial charge on any atom is 0.193 e. The zero-order valence-electron chi connectivity index (χ0n) is 17.6. The lowest BCUT2D eigenvalue weighted by Gasteiger charge is -2.44. The van der Waals surface area contributed by atoms with Crippen molar-refractivity contribution in [3.8, 4) is 0 Å². The van der Waals surface area contributed by atoms with Crippen molar-refractivity contribution >= 4 is 29.9 Å². The Kier molecular flexibility index (Phi) is 8.97. The van der Waals surface area contributed by atoms with Crippen molar-refractivity contribution in [1.29, 1.82) is 0 Å². The molecule has 1 aromatic heterocycles. The average Bonchev–Trinajstić information content (AvgIpc) is 3.09. The largest absolute Gasteiger partial charge is 0.381 e. The molecule has 3 rings (SSSR count). The van der Waals surface area contributed by atoms with Crippen LogP contribution in [0.5, 0.6) is 0 Å². The van der Waals surface area contributed by atoms with Gasteiger partial charge in [-0.05, 0) is 33.9 Å². The summed E-state index contributed by atoms with van der Waals surface area (Å²) < 4.78 is 10.7. The Bertz CT molecular complexity index is 622. The molecule has 0 spiro atoms. The minimum atomic E-state index is 0. The molecule has 2 aliphatic heterocycles. The zero-order valence-corrected chi connectivity index (χ0v) is 19.9. The first kappa shape index (κ1) is 23.4. The van der Waals surface area contributed by atoms with Gasteiger partial charge < -0.3 is 24.4 Å². The van der Waals surface area contributed by atoms with E-state index in [0.29, 0.717) is 0 Å². The summed E-state index contributed by atoms with van der Waals surface area (Å²) in [4.78, 5) is 11.6. The first-order valence-electron chi connectivity index (χ1n) is 9.88. The number of piperazine rings is 1. The molecule has 160 valence electrons. The number of hydrogen-bond donors (Lipinski definition) is 1. The van der Waals surface area contributed by atoms with E-state index in [2.05, 4.69) is 44.3 Å². The maximum absolute atomic E-state index is 5.57. The van der Waals surface area contributed by atoms with Crippen LogP contribution >= 0.6 is 24.0 Å². The molecule has 3 heterocycles. The van der Waals surface area contributed by atoms with E-state index in [1.165, 1.54) is 0 Å². The van der Waals surface area contributed by atoms with Crippen LogP contribution in [-0.2, 0) is 11.3 Å². The lowest BCUT2D eigenvalue weighted by molar-refractivity contribution is -0.00535. The van der Waals surface area contributed by atoms with Crippen LogP contribution < -0.4 is 5.32 Å². The van der Waals surface area contributed by atoms with Gasteiger partial charge >= 0.3 is 0 Å². The SMILES string of the molecule is CN=C(NCC1(N(C)C)CCOCC1)N1CCN(Cc2cc(C)on2)CC1.I. The minimum Gasteiger partial charge on any atom is -0.381 e. The number of ether oxygens (including phenoxy) is 1. The molecule has 0 unspecified atom stereocenters. The highest BCUT2D eigenvalue weighted by atomic mass is 127. The topological polar surface area (TPSA) is 69.4 Å². The standard InChI is InChI=1S/C19H34N6O2.HI/c1-16-13-17(22-27-16)14-24-7-9-25(10-8-24)18(20-2)21-15-19(23(3)4)5-11-26-12-6-19;/h13H,5-12,14-15H2,1-4H3,(H,20,21);1H. The van der Waals surface area contributed by atoms with Gasteiger partial charge in [-0.25, -0.2) is 0 Å². The Hall–Kier alpha value is -0.910. The van der Waals surface area contributed by atoms with E-state index in [-0.39, 0.29) is 29.5 Å². The third-order valence-corrected chi connectivity index (χ3v) is 5.89. The van der Waals surface area contributed by atoms with Crippen molar-refractivity contribution in [2.75, 3.05) is 67.1 Å². The molecular weight excluding hydrogens is 471 g/mol. The lowest BCUT2D eigenvalue weighted by atomic mass is 9.88. The van der Waals surface area contributed by atoms with Gasteiger partial charge in [0.15, 0.2) is 5.96 Å². The molecule has 8 nitrogen and oxygen atoms in total. The fourth-order valence-corrected chi connectivity index (χ4v) is 3.95. The van der Waals surface area contributed by atoms with Crippen molar-refractivity contribution in [2.24, 2.45) is 4.99 Å². The number of aliphatic imine (C=N–C) groups is 1. The Morgan fingerprint density at radius 2 is 1.93 bits per heavy atom. The predicted octanol–water partition coefficient (Wildman–Crippen LogP) is 1.40. The van der Waals surface area contributed by atoms with Crippen molar-refractivity contribution in [2.45, 2.75) is 31.8 Å². The molecule has 0 radical (unpaired) electrons. The van der Waals surface area contributed by atoms with Crippen molar-refractivity contribution in [3.05, 3.63) is 17.5 Å². The molecule has 2 aliphatic rings. The smallest absolute Gasteiger partial charge is 0.193 e. The van der Waals surface area contributed by atoms with Crippen LogP contribution in [0, 0.1) is 6.92 Å². The Morgan fingerprint density at radius 1 is 1.25 bits per heavy atom. The van der Waals surface area contributed by atoms with Gasteiger partial charge in [0, 0.05) is 71.1 Å². The third-order valence-electron chi connectivity index (χ3n) is 5.89. The van der Waals surface area contributed by atoms with E-state index in [9.17, 15) is 0 Å². The summed E-state index contributed by atoms with van der Waals surface area (Å²) >= 11 is 0. The summed E-state index contributed by atoms with van der Waals surface area (Å²) in [5.41, 5.74) is 1.15. The summed E-state index contributed by atoms with van der Waals surface area (Å²) in [6.07, 6.45) is 2.10. The van der Waals surface area contributed by atoms with E-state index in [1.54, 1.807) is 0 Å². The van der Waals surface area contributed by atoms with Gasteiger partial charge in [0.25, 0.3) is 0 Å². The molecule has 0 saturated carbocycles. The number of nitrogens with one attached hydrogen (secondary N) is 1. The van der Waals surface area contributed by atoms with Crippen LogP contribution in [0.15, 0.2) is 15.6 Å². The van der Waals surface area contributed by atoms with Crippen LogP contribution in [0.1, 0.15) is 24.3 Å². The second-order valence-corrected chi connectivity index (χ2v) is 7.82. The van der Waals surface area contributed by atoms with Crippen LogP contribution in [0.3, 0.4) is 0 Å². The monoisotopic (exact) mass is 506 g/mol. The van der Waals surface area contributed by atoms with Crippen LogP contribution in [-0.4, -0.2) is 98.4 Å². The van der Waals surface area contributed by atoms with E-state index in [1.807, 2.05) is 20.0 Å². The molecule has 0 aromatic carbocycles. The van der Waals surface area contributed by atoms with Crippen LogP contribution in [0.25, 0.3) is 0 Å². The number of nitrogens with zero attached hydrogens (tertiary/aromatic N) is 5. The van der Waals surface area contributed by atoms with Crippen molar-refractivity contribution < 1.29 is 9.26 Å². The maximum atomic E-state index is 5.57. The van der Waals surface area contributed by atoms with E-state index < -0.39 is 0 Å². The predicted molar refractivity (Wildman–Crippen MR) is 121 cm³/mol. The zero-order chi connectivity index (χ0) is 19.3. The number of rotatable bonds is 5. The molecule has 1 aromatic rings. The van der Waals surface area contributed by atoms with Gasteiger partial charge in [-0.3, -0.25) is 9.89 Å². The fourth-order valence-electron chi connectivity index (χ4n) is 3.95. The summed E-state index contributed by atoms with van der Waals surface area (Å²) in [6.45, 7) is 9.28. The van der Waals surface area contributed by atoms with Gasteiger partial charge in [0.1, 0.15) is 5.76 Å². The second kappa shape index (κ2) is 10.7. The highest BCUT2D eigenvalue weighted by Gasteiger charge is 2.35. The van der Waals surface area contributed by atoms with Gasteiger partial charge in [0.05, 0.1) is 5.69 Å². The second-order valence-electron chi connectivity index (χ2n) is 7.82. The van der Waals surface area contributed by atoms with Crippen LogP contribution in [0.2, 0.25) is 0 Å². The molecule has 2 fully saturated rings. The molecule has 9 heteroatoms. The molecule has 28 heavy (non-hydrogen) atoms. The van der Waals surface area contributed by atoms with Gasteiger partial charge in [-0.1, -0.05) is 5.16 Å². The molecule has 0 atom stereocenters. The summed E-state index contributed by atoms with van der Waals surface area (Å²) in [5.74, 6) is 1.87. The molecule has 0 aliphatic carbocycles. The van der Waals surface area contributed by atoms with Gasteiger partial charge in [-0.2, -0.15) is 0 Å². The molecule has 1 N–H and O–H groups in total. The minimum absolute atomic E-state index is 0. The number of guanidine groups is 1. The Labute approximate surface area is 185 Å². The first-order chi connectivity index (χ1) is 13.0. The number of aryl methyl sites for hydroxylation is 1. The van der Waals surface area contributed by atoms with E-state index in [0.717, 1.165) is 82.7 Å². The summed E-state index contributed by atoms with van der Waals surface area (Å²) in [5, 5.41) is 7.74. The Morgan fingerprint density at radius 3 is 2.46 bits per heavy atom. The van der Waals surface area contributed by atoms with E-state index >= 15 is 0 Å². The van der Waals surface area contributed by atoms with Gasteiger partial charge in [-0.15, -0.1) is 24.0 Å². The normalized spacial score (nSPS) is 20.9. The summed E-state index contributed by atoms with van der Waals surface area (Å²) in [6, 6.07) is 2.02. The molecule has 2 saturated heterocycles. The number of likely N-dealkylation sites (N-methyl/N-ethyl adjacent to an activating group) is 1. The fraction of sp³-hybridized carbons (Fsp3) is 0.789. The first-order valence-corrected chi connectivity index (χ1v) is 9.88. The van der Waals surface area contributed by atoms with E-state index in [4.69, 9.17) is 9.26 Å². The van der Waals surface area contributed by atoms with Crippen LogP contribution in [0.4, 0.5) is 0 Å². The van der Waals surface area contributed by atoms with Gasteiger partial charge in [0.2, 0.25) is 0 Å². The Balaban J connectivity index is 0.00000280. The van der Waals surface area contributed by atoms with Crippen molar-refractivity contribution in [1.82, 2.24) is 25.2 Å². The third kappa shape index (κ3) is 5.80. The lowest BCUT2D eigenvalue weighted by Crippen LogP contribution is -2.59. The number of hydrogen-bond acceptors (Lipinski definition) is 6. The molecule has 0 bridgehead atoms. The molecular formula is C19H35IN6O2. The quantitative estimate of drug-likeness (QED) is 0.368. The van der Waals surface area contributed by atoms with Crippen molar-refractivity contribution in [3.63, 3.8) is 0 Å². The number of halogens is 1. The highest BCUT2D eigenvalue weighted by molar-refractivity contribution is 14.0. The highest BCUT2D eigenvalue weighted by Crippen LogP contribution is 2.25. The molecule has 0 amide bonds. The summed E-state index contributed by atoms with van der Waals surface area (Å²) in [7, 11) is 6.21. The average molecular weight is 506 g/mol.